The number of piperidine rings is 1. The molecule has 5 aliphatic rings. The summed E-state index contributed by atoms with van der Waals surface area (Å²) in [5.74, 6) is 2.12. The topological polar surface area (TPSA) is 203 Å². The van der Waals surface area contributed by atoms with Gasteiger partial charge in [0.2, 0.25) is 0 Å². The summed E-state index contributed by atoms with van der Waals surface area (Å²) in [6.07, 6.45) is 17.4. The maximum absolute atomic E-state index is 13.5. The van der Waals surface area contributed by atoms with Crippen molar-refractivity contribution in [2.45, 2.75) is 108 Å². The molecule has 4 aromatic heterocycles. The van der Waals surface area contributed by atoms with Crippen LogP contribution in [0.15, 0.2) is 219 Å². The number of piperazine rings is 1. The number of imidazole rings is 1. The quantitative estimate of drug-likeness (QED) is 0.0337. The number of aromatic nitrogens is 5. The average molecular weight is 1780 g/mol. The predicted octanol–water partition coefficient (Wildman–Crippen LogP) is 21.4. The Balaban J connectivity index is 0.000000140. The molecule has 21 nitrogen and oxygen atoms in total. The number of halogens is 6. The van der Waals surface area contributed by atoms with E-state index in [-0.39, 0.29) is 17.4 Å². The van der Waals surface area contributed by atoms with Crippen LogP contribution < -0.4 is 33.7 Å². The van der Waals surface area contributed by atoms with Gasteiger partial charge in [-0.15, -0.1) is 0 Å². The first-order valence-corrected chi connectivity index (χ1v) is 45.3. The summed E-state index contributed by atoms with van der Waals surface area (Å²) in [5, 5.41) is 8.67. The Morgan fingerprint density at radius 3 is 1.10 bits per heavy atom. The van der Waals surface area contributed by atoms with Gasteiger partial charge in [0.1, 0.15) is 70.1 Å². The van der Waals surface area contributed by atoms with Crippen LogP contribution in [-0.2, 0) is 25.8 Å². The van der Waals surface area contributed by atoms with Crippen LogP contribution >= 0.6 is 34.8 Å². The zero-order valence-electron chi connectivity index (χ0n) is 71.2. The largest absolute Gasteiger partial charge is 0.494 e. The fourth-order valence-electron chi connectivity index (χ4n) is 17.6. The fraction of sp³-hybridized carbons (Fsp3) is 0.340. The Morgan fingerprint density at radius 2 is 0.740 bits per heavy atom. The number of fused-ring (bicyclic) bond motifs is 9. The van der Waals surface area contributed by atoms with Crippen LogP contribution in [0.4, 0.5) is 27.6 Å². The van der Waals surface area contributed by atoms with Gasteiger partial charge in [0.15, 0.2) is 0 Å². The molecule has 3 atom stereocenters. The molecule has 0 radical (unpaired) electrons. The number of likely N-dealkylation sites (tertiary alicyclic amines) is 1. The highest BCUT2D eigenvalue weighted by molar-refractivity contribution is 6.32. The molecule has 3 unspecified atom stereocenters. The number of likely N-dealkylation sites (N-methyl/N-ethyl adjacent to an activating group) is 1. The third-order valence-electron chi connectivity index (χ3n) is 24.3. The van der Waals surface area contributed by atoms with Crippen LogP contribution in [0.5, 0.6) is 34.5 Å². The number of benzene rings is 9. The van der Waals surface area contributed by atoms with Gasteiger partial charge in [-0.25, -0.2) is 32.5 Å². The standard InChI is InChI=1S/C34H35ClFN5O3.C33H36ClFN4O3.C33H35ClFN3O3/c35-25-6-13-31-30(22-25)29-14-19-41(34(42)44-28-11-7-26(36)8-12-28)33(32(29)39-31)24-4-9-27(10-5-24)43-21-2-1-15-37-16-3-18-40-20-17-38-23-40;1-37-17-19-38(20-18-37)15-2-3-21-41-26-9-4-23(5-10-26)32-31-28(29-22-24(34)6-13-30(29)36-31)14-16-39(32)33(40)42-27-11-7-25(35)8-12-27;34-24-8-15-30-29(22-24)28-16-20-38(33(39)41-27-13-9-25(35)10-14-27)32(31(28)36-30)23-6-11-26(12-7-23)40-21-5-4-19-37-17-2-1-3-18-37/h4-13,17,20,22-23,33,37,39H,1-3,14-16,18-19,21H2;4-13,22,32,36H,2-3,14-21H2,1H3;6-15,22,32,36H,1-5,16-21H2. The van der Waals surface area contributed by atoms with Gasteiger partial charge in [-0.2, -0.15) is 0 Å². The highest BCUT2D eigenvalue weighted by Crippen LogP contribution is 2.45. The van der Waals surface area contributed by atoms with E-state index in [0.717, 1.165) is 204 Å². The van der Waals surface area contributed by atoms with Gasteiger partial charge in [-0.05, 0) is 321 Å². The molecular formula is C100H106Cl3F3N12O9. The van der Waals surface area contributed by atoms with Crippen molar-refractivity contribution in [2.75, 3.05) is 112 Å². The summed E-state index contributed by atoms with van der Waals surface area (Å²) in [6, 6.07) is 56.4. The molecule has 2 saturated heterocycles. The molecule has 9 heterocycles. The molecule has 0 bridgehead atoms. The second-order valence-corrected chi connectivity index (χ2v) is 34.3. The zero-order chi connectivity index (χ0) is 87.5. The van der Waals surface area contributed by atoms with E-state index in [2.05, 4.69) is 51.6 Å². The second-order valence-electron chi connectivity index (χ2n) is 32.9. The van der Waals surface area contributed by atoms with Crippen molar-refractivity contribution < 1.29 is 56.0 Å². The molecule has 2 fully saturated rings. The van der Waals surface area contributed by atoms with Crippen molar-refractivity contribution >= 4 is 85.8 Å². The minimum absolute atomic E-state index is 0.290. The second kappa shape index (κ2) is 42.9. The van der Waals surface area contributed by atoms with Crippen molar-refractivity contribution in [3.05, 3.63) is 302 Å². The van der Waals surface area contributed by atoms with Gasteiger partial charge in [-0.1, -0.05) is 77.6 Å². The number of H-pyrrole nitrogens is 3. The number of aryl methyl sites for hydroxylation is 1. The van der Waals surface area contributed by atoms with Crippen molar-refractivity contribution in [3.63, 3.8) is 0 Å². The Morgan fingerprint density at radius 1 is 0.394 bits per heavy atom. The molecule has 13 aromatic rings. The Kier molecular flexibility index (Phi) is 30.0. The van der Waals surface area contributed by atoms with Crippen LogP contribution in [0, 0.1) is 17.5 Å². The van der Waals surface area contributed by atoms with Gasteiger partial charge in [0.25, 0.3) is 0 Å². The van der Waals surface area contributed by atoms with E-state index in [1.54, 1.807) is 20.9 Å². The minimum Gasteiger partial charge on any atom is -0.494 e. The van der Waals surface area contributed by atoms with Crippen LogP contribution in [0.2, 0.25) is 15.1 Å². The zero-order valence-corrected chi connectivity index (χ0v) is 73.5. The minimum atomic E-state index is -0.500. The third kappa shape index (κ3) is 22.9. The lowest BCUT2D eigenvalue weighted by atomic mass is 9.92. The van der Waals surface area contributed by atoms with Gasteiger partial charge >= 0.3 is 18.3 Å². The lowest BCUT2D eigenvalue weighted by Crippen LogP contribution is -2.44. The molecule has 18 rings (SSSR count). The van der Waals surface area contributed by atoms with Crippen molar-refractivity contribution in [1.82, 2.24) is 59.2 Å². The SMILES string of the molecule is CN1CCN(CCCCOc2ccc(C3c4[nH]c5ccc(Cl)cc5c4CCN3C(=O)Oc3ccc(F)cc3)cc2)CC1.O=C(Oc1ccc(F)cc1)N1CCc2c([nH]c3ccc(Cl)cc23)C1c1ccc(OCCCCN2CCCCC2)cc1.O=C(Oc1ccc(F)cc1)N1CCc2c([nH]c3ccc(Cl)cc23)C1c1ccc(OCCCCNCCCn2ccnc2)cc1. The lowest BCUT2D eigenvalue weighted by molar-refractivity contribution is 0.134. The molecular weight excluding hydrogens is 1680 g/mol. The van der Waals surface area contributed by atoms with Gasteiger partial charge in [-0.3, -0.25) is 14.7 Å². The van der Waals surface area contributed by atoms with E-state index in [4.69, 9.17) is 63.2 Å². The number of carbonyl (C=O) groups excluding carboxylic acids is 3. The number of carbonyl (C=O) groups is 3. The normalized spacial score (nSPS) is 16.5. The number of nitrogens with one attached hydrogen (secondary N) is 4. The van der Waals surface area contributed by atoms with Crippen LogP contribution in [0.1, 0.15) is 133 Å². The monoisotopic (exact) mass is 1780 g/mol. The van der Waals surface area contributed by atoms with Crippen LogP contribution in [0.25, 0.3) is 32.7 Å². The molecule has 9 aromatic carbocycles. The van der Waals surface area contributed by atoms with Crippen molar-refractivity contribution in [2.24, 2.45) is 0 Å². The number of ether oxygens (including phenoxy) is 6. The van der Waals surface area contributed by atoms with Crippen LogP contribution in [-0.4, -0.2) is 184 Å². The maximum atomic E-state index is 13.5. The number of hydrogen-bond donors (Lipinski definition) is 4. The van der Waals surface area contributed by atoms with E-state index in [1.807, 2.05) is 140 Å². The summed E-state index contributed by atoms with van der Waals surface area (Å²) in [7, 11) is 2.18. The number of nitrogens with zero attached hydrogens (tertiary/aromatic N) is 8. The van der Waals surface area contributed by atoms with E-state index in [0.29, 0.717) is 85.3 Å². The number of unbranched alkanes of at least 4 members (excludes halogenated alkanes) is 3. The Labute approximate surface area is 752 Å². The molecule has 27 heteroatoms. The number of aromatic amines is 3. The Hall–Kier alpha value is -11.5. The van der Waals surface area contributed by atoms with Crippen molar-refractivity contribution in [3.8, 4) is 34.5 Å². The third-order valence-corrected chi connectivity index (χ3v) is 25.0. The summed E-state index contributed by atoms with van der Waals surface area (Å²) in [6.45, 7) is 15.5. The summed E-state index contributed by atoms with van der Waals surface area (Å²) < 4.78 is 77.5. The first-order chi connectivity index (χ1) is 62.0. The summed E-state index contributed by atoms with van der Waals surface area (Å²) in [4.78, 5) is 67.7. The van der Waals surface area contributed by atoms with E-state index < -0.39 is 42.2 Å². The number of amides is 3. The first kappa shape index (κ1) is 88.9. The molecule has 0 spiro atoms. The molecule has 127 heavy (non-hydrogen) atoms. The van der Waals surface area contributed by atoms with Crippen LogP contribution in [0.3, 0.4) is 0 Å². The molecule has 662 valence electrons. The highest BCUT2D eigenvalue weighted by Gasteiger charge is 2.40. The summed E-state index contributed by atoms with van der Waals surface area (Å²) in [5.41, 5.74) is 11.9. The number of hydrogen-bond acceptors (Lipinski definition) is 14. The highest BCUT2D eigenvalue weighted by atomic mass is 35.5. The molecule has 3 amide bonds. The van der Waals surface area contributed by atoms with Crippen molar-refractivity contribution in [1.29, 1.82) is 0 Å². The first-order valence-electron chi connectivity index (χ1n) is 44.1. The summed E-state index contributed by atoms with van der Waals surface area (Å²) >= 11 is 19.0. The Bertz CT molecular complexity index is 5800. The fourth-order valence-corrected chi connectivity index (χ4v) is 18.1. The maximum Gasteiger partial charge on any atom is 0.416 e. The average Bonchev–Trinajstić information content (AvgIpc) is 1.65. The molecule has 0 aliphatic carbocycles. The smallest absolute Gasteiger partial charge is 0.416 e. The van der Waals surface area contributed by atoms with Gasteiger partial charge in [0.05, 0.1) is 26.1 Å². The van der Waals surface area contributed by atoms with E-state index in [9.17, 15) is 27.6 Å². The van der Waals surface area contributed by atoms with E-state index in [1.165, 1.54) is 105 Å². The van der Waals surface area contributed by atoms with E-state index >= 15 is 0 Å². The molecule has 5 aliphatic heterocycles. The van der Waals surface area contributed by atoms with Gasteiger partial charge in [0, 0.05) is 130 Å². The lowest BCUT2D eigenvalue weighted by Gasteiger charge is -2.35. The predicted molar refractivity (Wildman–Crippen MR) is 491 cm³/mol. The number of rotatable bonds is 28. The van der Waals surface area contributed by atoms with Gasteiger partial charge < -0.3 is 68.0 Å². The molecule has 0 saturated carbocycles. The molecule has 4 N–H and O–H groups in total.